The van der Waals surface area contributed by atoms with Gasteiger partial charge < -0.3 is 5.73 Å². The number of nitrogens with two attached hydrogens (primary N) is 1. The zero-order valence-electron chi connectivity index (χ0n) is 15.8. The number of thiophene rings is 1. The van der Waals surface area contributed by atoms with Crippen LogP contribution in [-0.2, 0) is 23.5 Å². The molecule has 1 spiro atoms. The van der Waals surface area contributed by atoms with Crippen LogP contribution in [0.1, 0.15) is 34.4 Å². The normalized spacial score (nSPS) is 20.4. The number of nitrogens with zero attached hydrogens (tertiary/aromatic N) is 3. The third-order valence-corrected chi connectivity index (χ3v) is 6.65. The SMILES string of the molecule is N#Cc1cccc(-c2cc3c(s2)CCCC32N=C(N)N(Cc3ccccc3)O2)c1. The number of benzene rings is 2. The molecular weight excluding hydrogens is 380 g/mol. The minimum atomic E-state index is -0.742. The van der Waals surface area contributed by atoms with Crippen LogP contribution in [0.4, 0.5) is 0 Å². The molecule has 2 aromatic carbocycles. The van der Waals surface area contributed by atoms with E-state index in [9.17, 15) is 5.26 Å². The monoisotopic (exact) mass is 400 g/mol. The smallest absolute Gasteiger partial charge is 0.219 e. The van der Waals surface area contributed by atoms with Crippen molar-refractivity contribution in [3.8, 4) is 16.5 Å². The zero-order valence-corrected chi connectivity index (χ0v) is 16.7. The first-order valence-corrected chi connectivity index (χ1v) is 10.5. The number of hydroxylamine groups is 2. The van der Waals surface area contributed by atoms with Crippen molar-refractivity contribution in [1.82, 2.24) is 5.06 Å². The van der Waals surface area contributed by atoms with Gasteiger partial charge in [-0.15, -0.1) is 11.3 Å². The summed E-state index contributed by atoms with van der Waals surface area (Å²) in [6, 6.07) is 22.2. The van der Waals surface area contributed by atoms with E-state index in [1.807, 2.05) is 42.5 Å². The Bertz CT molecular complexity index is 1130. The van der Waals surface area contributed by atoms with Crippen molar-refractivity contribution in [3.05, 3.63) is 82.2 Å². The summed E-state index contributed by atoms with van der Waals surface area (Å²) >= 11 is 1.76. The first-order valence-electron chi connectivity index (χ1n) is 9.66. The van der Waals surface area contributed by atoms with Crippen molar-refractivity contribution in [2.45, 2.75) is 31.5 Å². The lowest BCUT2D eigenvalue weighted by Gasteiger charge is -2.31. The number of hydrogen-bond acceptors (Lipinski definition) is 6. The summed E-state index contributed by atoms with van der Waals surface area (Å²) in [5.74, 6) is 0.418. The summed E-state index contributed by atoms with van der Waals surface area (Å²) in [5, 5.41) is 10.9. The fourth-order valence-electron chi connectivity index (χ4n) is 4.02. The van der Waals surface area contributed by atoms with E-state index in [0.717, 1.165) is 40.8 Å². The zero-order chi connectivity index (χ0) is 19.8. The number of aliphatic imine (C=N–C) groups is 1. The minimum absolute atomic E-state index is 0.418. The minimum Gasteiger partial charge on any atom is -0.368 e. The van der Waals surface area contributed by atoms with Gasteiger partial charge in [-0.25, -0.2) is 14.9 Å². The molecular formula is C23H20N4OS. The summed E-state index contributed by atoms with van der Waals surface area (Å²) in [5.41, 5.74) is 9.46. The van der Waals surface area contributed by atoms with Crippen molar-refractivity contribution >= 4 is 17.3 Å². The Labute approximate surface area is 173 Å². The van der Waals surface area contributed by atoms with Crippen molar-refractivity contribution in [1.29, 1.82) is 5.26 Å². The summed E-state index contributed by atoms with van der Waals surface area (Å²) in [7, 11) is 0. The number of hydrogen-bond donors (Lipinski definition) is 1. The van der Waals surface area contributed by atoms with Gasteiger partial charge in [-0.05, 0) is 42.2 Å². The maximum absolute atomic E-state index is 9.21. The fraction of sp³-hybridized carbons (Fsp3) is 0.217. The van der Waals surface area contributed by atoms with Gasteiger partial charge in [0.2, 0.25) is 11.7 Å². The molecule has 2 aliphatic rings. The highest BCUT2D eigenvalue weighted by molar-refractivity contribution is 7.15. The number of aryl methyl sites for hydroxylation is 1. The van der Waals surface area contributed by atoms with E-state index in [-0.39, 0.29) is 0 Å². The standard InChI is InChI=1S/C23H20N4OS/c24-14-17-8-4-9-18(12-17)21-13-19-20(29-21)10-5-11-23(19)26-22(25)27(28-23)15-16-6-2-1-3-7-16/h1-4,6-9,12-13H,5,10-11,15H2,(H2,25,26). The Morgan fingerprint density at radius 1 is 1.17 bits per heavy atom. The van der Waals surface area contributed by atoms with E-state index in [1.165, 1.54) is 4.88 Å². The number of nitriles is 1. The van der Waals surface area contributed by atoms with Crippen molar-refractivity contribution in [3.63, 3.8) is 0 Å². The molecule has 1 aliphatic carbocycles. The van der Waals surface area contributed by atoms with E-state index in [0.29, 0.717) is 18.1 Å². The Morgan fingerprint density at radius 3 is 2.86 bits per heavy atom. The Hall–Kier alpha value is -3.14. The quantitative estimate of drug-likeness (QED) is 0.700. The van der Waals surface area contributed by atoms with Crippen molar-refractivity contribution in [2.24, 2.45) is 10.7 Å². The fourth-order valence-corrected chi connectivity index (χ4v) is 5.28. The molecule has 1 atom stereocenters. The van der Waals surface area contributed by atoms with Crippen LogP contribution in [0.5, 0.6) is 0 Å². The lowest BCUT2D eigenvalue weighted by atomic mass is 9.90. The highest BCUT2D eigenvalue weighted by atomic mass is 32.1. The average Bonchev–Trinajstić information content (AvgIpc) is 3.32. The molecule has 1 unspecified atom stereocenters. The van der Waals surface area contributed by atoms with Gasteiger partial charge in [0.05, 0.1) is 18.2 Å². The maximum Gasteiger partial charge on any atom is 0.219 e. The van der Waals surface area contributed by atoms with E-state index in [1.54, 1.807) is 16.4 Å². The predicted molar refractivity (Wildman–Crippen MR) is 114 cm³/mol. The summed E-state index contributed by atoms with van der Waals surface area (Å²) in [6.07, 6.45) is 2.82. The molecule has 0 radical (unpaired) electrons. The largest absolute Gasteiger partial charge is 0.368 e. The van der Waals surface area contributed by atoms with E-state index < -0.39 is 5.72 Å². The molecule has 0 amide bonds. The molecule has 0 bridgehead atoms. The molecule has 2 N–H and O–H groups in total. The molecule has 2 heterocycles. The third kappa shape index (κ3) is 3.19. The second-order valence-electron chi connectivity index (χ2n) is 7.36. The molecule has 0 saturated carbocycles. The summed E-state index contributed by atoms with van der Waals surface area (Å²) in [4.78, 5) is 13.6. The topological polar surface area (TPSA) is 74.6 Å². The van der Waals surface area contributed by atoms with Gasteiger partial charge in [-0.2, -0.15) is 5.26 Å². The third-order valence-electron chi connectivity index (χ3n) is 5.41. The first kappa shape index (κ1) is 17.9. The van der Waals surface area contributed by atoms with Crippen LogP contribution in [0.25, 0.3) is 10.4 Å². The molecule has 6 heteroatoms. The van der Waals surface area contributed by atoms with Crippen molar-refractivity contribution in [2.75, 3.05) is 0 Å². The number of guanidine groups is 1. The Kier molecular flexibility index (Phi) is 4.35. The Morgan fingerprint density at radius 2 is 2.03 bits per heavy atom. The van der Waals surface area contributed by atoms with E-state index in [4.69, 9.17) is 15.6 Å². The van der Waals surface area contributed by atoms with Crippen LogP contribution >= 0.6 is 11.3 Å². The molecule has 144 valence electrons. The molecule has 1 aromatic heterocycles. The molecule has 0 fully saturated rings. The maximum atomic E-state index is 9.21. The van der Waals surface area contributed by atoms with Gasteiger partial charge in [-0.1, -0.05) is 42.5 Å². The summed E-state index contributed by atoms with van der Waals surface area (Å²) in [6.45, 7) is 0.564. The van der Waals surface area contributed by atoms with Gasteiger partial charge in [0.25, 0.3) is 0 Å². The second-order valence-corrected chi connectivity index (χ2v) is 8.50. The van der Waals surface area contributed by atoms with Gasteiger partial charge in [-0.3, -0.25) is 0 Å². The van der Waals surface area contributed by atoms with Gasteiger partial charge in [0, 0.05) is 21.7 Å². The van der Waals surface area contributed by atoms with Gasteiger partial charge in [0.1, 0.15) is 0 Å². The van der Waals surface area contributed by atoms with Crippen LogP contribution in [0.15, 0.2) is 65.7 Å². The molecule has 0 saturated heterocycles. The van der Waals surface area contributed by atoms with Crippen LogP contribution in [0.2, 0.25) is 0 Å². The molecule has 1 aliphatic heterocycles. The molecule has 29 heavy (non-hydrogen) atoms. The average molecular weight is 401 g/mol. The predicted octanol–water partition coefficient (Wildman–Crippen LogP) is 4.54. The van der Waals surface area contributed by atoms with Crippen LogP contribution < -0.4 is 5.73 Å². The molecule has 5 rings (SSSR count). The number of fused-ring (bicyclic) bond motifs is 2. The van der Waals surface area contributed by atoms with E-state index >= 15 is 0 Å². The number of rotatable bonds is 3. The van der Waals surface area contributed by atoms with Crippen LogP contribution in [-0.4, -0.2) is 11.0 Å². The lowest BCUT2D eigenvalue weighted by molar-refractivity contribution is -0.196. The van der Waals surface area contributed by atoms with Crippen molar-refractivity contribution < 1.29 is 4.84 Å². The van der Waals surface area contributed by atoms with Gasteiger partial charge in [0.15, 0.2) is 0 Å². The highest BCUT2D eigenvalue weighted by Crippen LogP contribution is 2.48. The van der Waals surface area contributed by atoms with Gasteiger partial charge >= 0.3 is 0 Å². The molecule has 5 nitrogen and oxygen atoms in total. The first-order chi connectivity index (χ1) is 14.2. The summed E-state index contributed by atoms with van der Waals surface area (Å²) < 4.78 is 0. The van der Waals surface area contributed by atoms with Crippen LogP contribution in [0, 0.1) is 11.3 Å². The Balaban J connectivity index is 1.48. The lowest BCUT2D eigenvalue weighted by Crippen LogP contribution is -2.35. The second kappa shape index (κ2) is 7.03. The highest BCUT2D eigenvalue weighted by Gasteiger charge is 2.46. The van der Waals surface area contributed by atoms with Crippen LogP contribution in [0.3, 0.4) is 0 Å². The van der Waals surface area contributed by atoms with E-state index in [2.05, 4.69) is 24.3 Å². The molecule has 3 aromatic rings.